The van der Waals surface area contributed by atoms with Gasteiger partial charge in [0.25, 0.3) is 0 Å². The Morgan fingerprint density at radius 3 is 1.67 bits per heavy atom. The highest BCUT2D eigenvalue weighted by Gasteiger charge is 1.94. The molecule has 0 aliphatic heterocycles. The minimum absolute atomic E-state index is 0.176. The lowest BCUT2D eigenvalue weighted by atomic mass is 10.7. The van der Waals surface area contributed by atoms with Gasteiger partial charge in [0.2, 0.25) is 0 Å². The van der Waals surface area contributed by atoms with Crippen LogP contribution in [-0.4, -0.2) is 20.0 Å². The number of hydrogen-bond acceptors (Lipinski definition) is 1. The molecule has 0 fully saturated rings. The minimum atomic E-state index is 0.176. The quantitative estimate of drug-likeness (QED) is 0.389. The molecule has 36 valence electrons. The van der Waals surface area contributed by atoms with Gasteiger partial charge in [-0.2, -0.15) is 0 Å². The van der Waals surface area contributed by atoms with Crippen molar-refractivity contribution in [2.24, 2.45) is 0 Å². The van der Waals surface area contributed by atoms with Gasteiger partial charge in [-0.3, -0.25) is 4.90 Å². The largest absolute Gasteiger partial charge is 0.308 e. The van der Waals surface area contributed by atoms with Crippen LogP contribution in [0.1, 0.15) is 6.92 Å². The zero-order valence-electron chi connectivity index (χ0n) is 4.41. The van der Waals surface area contributed by atoms with Gasteiger partial charge in [-0.1, -0.05) is 0 Å². The summed E-state index contributed by atoms with van der Waals surface area (Å²) in [7, 11) is 3.62. The second-order valence-electron chi connectivity index (χ2n) is 1.56. The van der Waals surface area contributed by atoms with Gasteiger partial charge in [0, 0.05) is 0 Å². The van der Waals surface area contributed by atoms with Crippen LogP contribution in [-0.2, 0) is 4.79 Å². The molecular formula is C4H10NO+. The molecule has 0 aromatic carbocycles. The van der Waals surface area contributed by atoms with Crippen molar-refractivity contribution in [3.05, 3.63) is 0 Å². The molecule has 0 saturated carbocycles. The normalized spacial score (nSPS) is 9.33. The maximum absolute atomic E-state index is 10.1. The van der Waals surface area contributed by atoms with Gasteiger partial charge in [-0.05, 0) is 0 Å². The van der Waals surface area contributed by atoms with Gasteiger partial charge in [0.1, 0.15) is 0 Å². The topological polar surface area (TPSA) is 21.5 Å². The van der Waals surface area contributed by atoms with Crippen LogP contribution in [0.3, 0.4) is 0 Å². The van der Waals surface area contributed by atoms with Crippen LogP contribution in [0.2, 0.25) is 0 Å². The number of carbonyl (C=O) groups excluding carboxylic acids is 1. The van der Waals surface area contributed by atoms with Crippen molar-refractivity contribution >= 4 is 5.91 Å². The third-order valence-corrected chi connectivity index (χ3v) is 0.704. The zero-order chi connectivity index (χ0) is 5.15. The minimum Gasteiger partial charge on any atom is -0.277 e. The maximum atomic E-state index is 10.1. The molecule has 1 N–H and O–H groups in total. The molecule has 1 amide bonds. The molecule has 6 heavy (non-hydrogen) atoms. The summed E-state index contributed by atoms with van der Waals surface area (Å²) in [5.41, 5.74) is 0. The van der Waals surface area contributed by atoms with E-state index < -0.39 is 0 Å². The molecule has 0 bridgehead atoms. The number of amides is 1. The van der Waals surface area contributed by atoms with Crippen LogP contribution in [0, 0.1) is 0 Å². The lowest BCUT2D eigenvalue weighted by molar-refractivity contribution is -0.774. The molecule has 2 nitrogen and oxygen atoms in total. The van der Waals surface area contributed by atoms with Gasteiger partial charge >= 0.3 is 5.91 Å². The SMILES string of the molecule is CC(=O)[NH+](C)C. The van der Waals surface area contributed by atoms with Crippen molar-refractivity contribution < 1.29 is 9.69 Å². The Kier molecular flexibility index (Phi) is 1.81. The second kappa shape index (κ2) is 1.92. The Hall–Kier alpha value is -0.370. The molecule has 0 aromatic rings. The van der Waals surface area contributed by atoms with Crippen LogP contribution in [0.15, 0.2) is 0 Å². The number of carbonyl (C=O) groups is 1. The van der Waals surface area contributed by atoms with Gasteiger partial charge in [0.05, 0.1) is 21.0 Å². The molecule has 0 heterocycles. The van der Waals surface area contributed by atoms with Crippen molar-refractivity contribution in [2.75, 3.05) is 14.1 Å². The molecule has 0 spiro atoms. The lowest BCUT2D eigenvalue weighted by Gasteiger charge is -1.95. The predicted octanol–water partition coefficient (Wildman–Crippen LogP) is -1.32. The predicted molar refractivity (Wildman–Crippen MR) is 23.5 cm³/mol. The average Bonchev–Trinajstić information content (AvgIpc) is 1.36. The molecule has 0 radical (unpaired) electrons. The van der Waals surface area contributed by atoms with Crippen LogP contribution in [0.5, 0.6) is 0 Å². The average molecular weight is 88.1 g/mol. The van der Waals surface area contributed by atoms with Crippen LogP contribution in [0.25, 0.3) is 0 Å². The highest BCUT2D eigenvalue weighted by Crippen LogP contribution is 1.37. The summed E-state index contributed by atoms with van der Waals surface area (Å²) in [5, 5.41) is 0. The van der Waals surface area contributed by atoms with Crippen LogP contribution >= 0.6 is 0 Å². The summed E-state index contributed by atoms with van der Waals surface area (Å²) in [6, 6.07) is 0. The van der Waals surface area contributed by atoms with Crippen molar-refractivity contribution in [2.45, 2.75) is 6.92 Å². The van der Waals surface area contributed by atoms with Crippen molar-refractivity contribution in [3.8, 4) is 0 Å². The fraction of sp³-hybridized carbons (Fsp3) is 0.750. The molecule has 0 unspecified atom stereocenters. The number of nitrogens with one attached hydrogen (secondary N) is 1. The summed E-state index contributed by atoms with van der Waals surface area (Å²) < 4.78 is 0. The maximum Gasteiger partial charge on any atom is 0.308 e. The molecule has 0 aliphatic carbocycles. The van der Waals surface area contributed by atoms with E-state index in [1.165, 1.54) is 0 Å². The van der Waals surface area contributed by atoms with E-state index in [2.05, 4.69) is 0 Å². The monoisotopic (exact) mass is 88.1 g/mol. The van der Waals surface area contributed by atoms with E-state index in [1.54, 1.807) is 6.92 Å². The second-order valence-corrected chi connectivity index (χ2v) is 1.56. The van der Waals surface area contributed by atoms with Crippen LogP contribution in [0.4, 0.5) is 0 Å². The fourth-order valence-electron chi connectivity index (χ4n) is 0. The molecule has 2 heteroatoms. The van der Waals surface area contributed by atoms with E-state index in [4.69, 9.17) is 0 Å². The van der Waals surface area contributed by atoms with E-state index in [0.717, 1.165) is 4.90 Å². The summed E-state index contributed by atoms with van der Waals surface area (Å²) in [5.74, 6) is 0.176. The lowest BCUT2D eigenvalue weighted by Crippen LogP contribution is -3.08. The molecule has 0 aromatic heterocycles. The summed E-state index contributed by atoms with van der Waals surface area (Å²) >= 11 is 0. The molecule has 0 aliphatic rings. The molecular weight excluding hydrogens is 78.0 g/mol. The van der Waals surface area contributed by atoms with E-state index in [1.807, 2.05) is 14.1 Å². The Labute approximate surface area is 37.8 Å². The third kappa shape index (κ3) is 1.91. The first-order valence-corrected chi connectivity index (χ1v) is 1.95. The van der Waals surface area contributed by atoms with Gasteiger partial charge in [-0.25, -0.2) is 4.79 Å². The third-order valence-electron chi connectivity index (χ3n) is 0.704. The highest BCUT2D eigenvalue weighted by atomic mass is 16.2. The standard InChI is InChI=1S/C4H9NO/c1-4(6)5(2)3/h1-3H3/p+1. The number of quaternary nitrogens is 1. The number of hydrogen-bond donors (Lipinski definition) is 1. The number of rotatable bonds is 0. The van der Waals surface area contributed by atoms with Gasteiger partial charge < -0.3 is 0 Å². The summed E-state index contributed by atoms with van der Waals surface area (Å²) in [4.78, 5) is 11.0. The first kappa shape index (κ1) is 5.63. The Morgan fingerprint density at radius 2 is 1.67 bits per heavy atom. The Balaban J connectivity index is 3.26. The highest BCUT2D eigenvalue weighted by molar-refractivity contribution is 5.62. The van der Waals surface area contributed by atoms with Crippen molar-refractivity contribution in [3.63, 3.8) is 0 Å². The zero-order valence-corrected chi connectivity index (χ0v) is 4.41. The van der Waals surface area contributed by atoms with Gasteiger partial charge in [0.15, 0.2) is 0 Å². The van der Waals surface area contributed by atoms with E-state index >= 15 is 0 Å². The van der Waals surface area contributed by atoms with Crippen molar-refractivity contribution in [1.82, 2.24) is 0 Å². The Bertz CT molecular complexity index is 58.6. The first-order chi connectivity index (χ1) is 2.64. The van der Waals surface area contributed by atoms with E-state index in [0.29, 0.717) is 0 Å². The molecule has 0 saturated heterocycles. The molecule has 0 rings (SSSR count). The smallest absolute Gasteiger partial charge is 0.277 e. The summed E-state index contributed by atoms with van der Waals surface area (Å²) in [6.07, 6.45) is 0. The Morgan fingerprint density at radius 1 is 1.50 bits per heavy atom. The van der Waals surface area contributed by atoms with E-state index in [9.17, 15) is 4.79 Å². The van der Waals surface area contributed by atoms with Gasteiger partial charge in [-0.15, -0.1) is 0 Å². The van der Waals surface area contributed by atoms with E-state index in [-0.39, 0.29) is 5.91 Å². The van der Waals surface area contributed by atoms with Crippen molar-refractivity contribution in [1.29, 1.82) is 0 Å². The summed E-state index contributed by atoms with van der Waals surface area (Å²) in [6.45, 7) is 1.56. The van der Waals surface area contributed by atoms with Crippen LogP contribution < -0.4 is 4.90 Å². The first-order valence-electron chi connectivity index (χ1n) is 1.95. The fourth-order valence-corrected chi connectivity index (χ4v) is 0. The molecule has 0 atom stereocenters.